The number of rotatable bonds is 5. The number of benzene rings is 1. The van der Waals surface area contributed by atoms with Crippen molar-refractivity contribution in [3.8, 4) is 5.75 Å². The molecule has 144 valence electrons. The Morgan fingerprint density at radius 1 is 1.30 bits per heavy atom. The number of aryl methyl sites for hydroxylation is 1. The summed E-state index contributed by atoms with van der Waals surface area (Å²) in [7, 11) is 0. The Balaban J connectivity index is 1.39. The molecule has 5 rings (SSSR count). The highest BCUT2D eigenvalue weighted by Gasteiger charge is 2.38. The van der Waals surface area contributed by atoms with E-state index < -0.39 is 0 Å². The molecule has 0 aliphatic carbocycles. The predicted octanol–water partition coefficient (Wildman–Crippen LogP) is 3.58. The number of anilines is 1. The highest BCUT2D eigenvalue weighted by Crippen LogP contribution is 2.34. The zero-order valence-corrected chi connectivity index (χ0v) is 16.9. The van der Waals surface area contributed by atoms with Crippen LogP contribution in [0.3, 0.4) is 0 Å². The van der Waals surface area contributed by atoms with E-state index in [0.29, 0.717) is 11.0 Å². The summed E-state index contributed by atoms with van der Waals surface area (Å²) in [5.41, 5.74) is 2.33. The summed E-state index contributed by atoms with van der Waals surface area (Å²) in [6.07, 6.45) is 2.03. The number of aromatic nitrogens is 2. The van der Waals surface area contributed by atoms with E-state index in [4.69, 9.17) is 4.74 Å². The molecule has 3 saturated heterocycles. The number of fused-ring (bicyclic) bond motifs is 3. The van der Waals surface area contributed by atoms with Crippen LogP contribution in [-0.2, 0) is 4.79 Å². The maximum absolute atomic E-state index is 12.7. The van der Waals surface area contributed by atoms with Gasteiger partial charge in [-0.3, -0.25) is 4.79 Å². The second kappa shape index (κ2) is 7.56. The normalized spacial score (nSPS) is 25.2. The first-order chi connectivity index (χ1) is 13.0. The third-order valence-electron chi connectivity index (χ3n) is 5.87. The number of ether oxygens (including phenoxy) is 1. The van der Waals surface area contributed by atoms with E-state index in [0.717, 1.165) is 48.8 Å². The standard InChI is InChI=1S/C20H26N4O2S/c1-12-5-4-6-17(13(12)2)26-14(3)19-22-23-20(27-19)21-18(25)16-11-24-9-7-15(16)8-10-24/h4-6,14-16H,7-11H2,1-3H3,(H,21,23,25). The number of amides is 1. The van der Waals surface area contributed by atoms with E-state index >= 15 is 0 Å². The molecule has 6 nitrogen and oxygen atoms in total. The molecule has 2 atom stereocenters. The molecular weight excluding hydrogens is 360 g/mol. The van der Waals surface area contributed by atoms with Gasteiger partial charge in [0, 0.05) is 6.54 Å². The molecule has 1 aromatic carbocycles. The van der Waals surface area contributed by atoms with Gasteiger partial charge in [0.2, 0.25) is 11.0 Å². The largest absolute Gasteiger partial charge is 0.483 e. The van der Waals surface area contributed by atoms with Gasteiger partial charge in [-0.25, -0.2) is 0 Å². The molecule has 7 heteroatoms. The second-order valence-corrected chi connectivity index (χ2v) is 8.65. The fourth-order valence-electron chi connectivity index (χ4n) is 4.00. The number of carbonyl (C=O) groups excluding carboxylic acids is 1. The third-order valence-corrected chi connectivity index (χ3v) is 6.87. The number of hydrogen-bond acceptors (Lipinski definition) is 6. The summed E-state index contributed by atoms with van der Waals surface area (Å²) >= 11 is 1.39. The molecule has 2 unspecified atom stereocenters. The van der Waals surface area contributed by atoms with E-state index in [1.807, 2.05) is 19.1 Å². The second-order valence-electron chi connectivity index (χ2n) is 7.64. The molecule has 3 aliphatic rings. The van der Waals surface area contributed by atoms with Gasteiger partial charge in [0.1, 0.15) is 11.9 Å². The van der Waals surface area contributed by atoms with Crippen LogP contribution in [-0.4, -0.2) is 40.6 Å². The van der Waals surface area contributed by atoms with E-state index in [9.17, 15) is 4.79 Å². The van der Waals surface area contributed by atoms with Crippen molar-refractivity contribution >= 4 is 22.4 Å². The minimum absolute atomic E-state index is 0.0727. The first kappa shape index (κ1) is 18.4. The Morgan fingerprint density at radius 3 is 2.78 bits per heavy atom. The summed E-state index contributed by atoms with van der Waals surface area (Å²) < 4.78 is 6.08. The smallest absolute Gasteiger partial charge is 0.230 e. The number of carbonyl (C=O) groups is 1. The number of nitrogens with zero attached hydrogens (tertiary/aromatic N) is 3. The van der Waals surface area contributed by atoms with Gasteiger partial charge >= 0.3 is 0 Å². The van der Waals surface area contributed by atoms with E-state index in [1.54, 1.807) is 0 Å². The molecule has 2 bridgehead atoms. The number of nitrogens with one attached hydrogen (secondary N) is 1. The van der Waals surface area contributed by atoms with Crippen molar-refractivity contribution in [2.24, 2.45) is 11.8 Å². The first-order valence-electron chi connectivity index (χ1n) is 9.60. The lowest BCUT2D eigenvalue weighted by Crippen LogP contribution is -2.51. The SMILES string of the molecule is Cc1cccc(OC(C)c2nnc(NC(=O)C3CN4CCC3CC4)s2)c1C. The van der Waals surface area contributed by atoms with Gasteiger partial charge in [0.05, 0.1) is 5.92 Å². The van der Waals surface area contributed by atoms with Crippen LogP contribution < -0.4 is 10.1 Å². The van der Waals surface area contributed by atoms with Crippen molar-refractivity contribution in [2.75, 3.05) is 25.0 Å². The minimum atomic E-state index is -0.217. The van der Waals surface area contributed by atoms with E-state index in [2.05, 4.69) is 40.3 Å². The molecule has 1 amide bonds. The van der Waals surface area contributed by atoms with Crippen LogP contribution in [0.25, 0.3) is 0 Å². The van der Waals surface area contributed by atoms with Gasteiger partial charge in [-0.1, -0.05) is 23.5 Å². The van der Waals surface area contributed by atoms with Gasteiger partial charge in [-0.15, -0.1) is 10.2 Å². The Bertz CT molecular complexity index is 829. The molecule has 2 aromatic rings. The van der Waals surface area contributed by atoms with Crippen LogP contribution >= 0.6 is 11.3 Å². The first-order valence-corrected chi connectivity index (χ1v) is 10.4. The lowest BCUT2D eigenvalue weighted by molar-refractivity contribution is -0.125. The molecule has 27 heavy (non-hydrogen) atoms. The van der Waals surface area contributed by atoms with Crippen molar-refractivity contribution in [3.63, 3.8) is 0 Å². The highest BCUT2D eigenvalue weighted by molar-refractivity contribution is 7.15. The number of piperidine rings is 3. The van der Waals surface area contributed by atoms with Crippen molar-refractivity contribution in [1.82, 2.24) is 15.1 Å². The Hall–Kier alpha value is -1.99. The summed E-state index contributed by atoms with van der Waals surface area (Å²) in [4.78, 5) is 15.1. The van der Waals surface area contributed by atoms with Crippen LogP contribution in [0.2, 0.25) is 0 Å². The average molecular weight is 387 g/mol. The minimum Gasteiger partial charge on any atom is -0.483 e. The maximum atomic E-state index is 12.7. The third kappa shape index (κ3) is 3.84. The summed E-state index contributed by atoms with van der Waals surface area (Å²) in [6, 6.07) is 6.03. The van der Waals surface area contributed by atoms with Crippen LogP contribution in [0.4, 0.5) is 5.13 Å². The Labute approximate surface area is 163 Å². The average Bonchev–Trinajstić information content (AvgIpc) is 3.15. The van der Waals surface area contributed by atoms with E-state index in [-0.39, 0.29) is 17.9 Å². The monoisotopic (exact) mass is 386 g/mol. The molecule has 3 aliphatic heterocycles. The van der Waals surface area contributed by atoms with Gasteiger partial charge in [0.15, 0.2) is 5.01 Å². The fraction of sp³-hybridized carbons (Fsp3) is 0.550. The van der Waals surface area contributed by atoms with E-state index in [1.165, 1.54) is 16.9 Å². The summed E-state index contributed by atoms with van der Waals surface area (Å²) in [5, 5.41) is 12.7. The quantitative estimate of drug-likeness (QED) is 0.851. The zero-order chi connectivity index (χ0) is 19.0. The van der Waals surface area contributed by atoms with Crippen molar-refractivity contribution < 1.29 is 9.53 Å². The maximum Gasteiger partial charge on any atom is 0.230 e. The van der Waals surface area contributed by atoms with Crippen LogP contribution in [0.1, 0.15) is 42.0 Å². The van der Waals surface area contributed by atoms with Gasteiger partial charge in [0.25, 0.3) is 0 Å². The Kier molecular flexibility index (Phi) is 5.14. The lowest BCUT2D eigenvalue weighted by Gasteiger charge is -2.43. The van der Waals surface area contributed by atoms with Crippen molar-refractivity contribution in [1.29, 1.82) is 0 Å². The van der Waals surface area contributed by atoms with Gasteiger partial charge in [-0.05, 0) is 69.8 Å². The zero-order valence-electron chi connectivity index (χ0n) is 16.1. The molecular formula is C20H26N4O2S. The van der Waals surface area contributed by atoms with Crippen LogP contribution in [0.15, 0.2) is 18.2 Å². The fourth-order valence-corrected chi connectivity index (χ4v) is 4.73. The molecule has 1 N–H and O–H groups in total. The summed E-state index contributed by atoms with van der Waals surface area (Å²) in [6.45, 7) is 9.21. The molecule has 0 saturated carbocycles. The topological polar surface area (TPSA) is 67.4 Å². The predicted molar refractivity (Wildman–Crippen MR) is 106 cm³/mol. The lowest BCUT2D eigenvalue weighted by atomic mass is 9.78. The molecule has 4 heterocycles. The molecule has 3 fully saturated rings. The highest BCUT2D eigenvalue weighted by atomic mass is 32.1. The van der Waals surface area contributed by atoms with Gasteiger partial charge < -0.3 is 15.0 Å². The van der Waals surface area contributed by atoms with Crippen LogP contribution in [0, 0.1) is 25.7 Å². The number of hydrogen-bond donors (Lipinski definition) is 1. The van der Waals surface area contributed by atoms with Crippen molar-refractivity contribution in [3.05, 3.63) is 34.3 Å². The van der Waals surface area contributed by atoms with Crippen LogP contribution in [0.5, 0.6) is 5.75 Å². The molecule has 1 aromatic heterocycles. The Morgan fingerprint density at radius 2 is 2.07 bits per heavy atom. The molecule has 0 radical (unpaired) electrons. The molecule has 0 spiro atoms. The van der Waals surface area contributed by atoms with Crippen molar-refractivity contribution in [2.45, 2.75) is 39.7 Å². The summed E-state index contributed by atoms with van der Waals surface area (Å²) in [5.74, 6) is 1.52. The van der Waals surface area contributed by atoms with Gasteiger partial charge in [-0.2, -0.15) is 0 Å².